The van der Waals surface area contributed by atoms with Crippen LogP contribution in [0.2, 0.25) is 0 Å². The maximum absolute atomic E-state index is 9.67. The Labute approximate surface area is 105 Å². The molecular weight excluding hydrogens is 266 g/mol. The molecule has 3 heteroatoms. The van der Waals surface area contributed by atoms with Crippen molar-refractivity contribution < 1.29 is 5.11 Å². The van der Waals surface area contributed by atoms with Crippen LogP contribution in [0.1, 0.15) is 36.0 Å². The van der Waals surface area contributed by atoms with E-state index in [9.17, 15) is 5.11 Å². The zero-order valence-corrected chi connectivity index (χ0v) is 11.4. The van der Waals surface area contributed by atoms with Gasteiger partial charge in [0.15, 0.2) is 0 Å². The van der Waals surface area contributed by atoms with Crippen molar-refractivity contribution in [2.75, 3.05) is 0 Å². The topological polar surface area (TPSA) is 46.2 Å². The normalized spacial score (nSPS) is 17.5. The van der Waals surface area contributed by atoms with Gasteiger partial charge in [0.2, 0.25) is 0 Å². The summed E-state index contributed by atoms with van der Waals surface area (Å²) in [6.45, 7) is 4.09. The van der Waals surface area contributed by atoms with Crippen LogP contribution in [-0.2, 0) is 6.42 Å². The van der Waals surface area contributed by atoms with Crippen molar-refractivity contribution in [3.8, 4) is 5.75 Å². The Morgan fingerprint density at radius 1 is 1.44 bits per heavy atom. The number of nitrogens with two attached hydrogens (primary N) is 1. The maximum atomic E-state index is 9.67. The van der Waals surface area contributed by atoms with E-state index in [1.54, 1.807) is 0 Å². The molecular formula is C13H18BrNO. The predicted octanol–water partition coefficient (Wildman–Crippen LogP) is 3.20. The molecule has 0 bridgehead atoms. The smallest absolute Gasteiger partial charge is 0.130 e. The monoisotopic (exact) mass is 283 g/mol. The maximum Gasteiger partial charge on any atom is 0.130 e. The van der Waals surface area contributed by atoms with Crippen LogP contribution in [0.25, 0.3) is 0 Å². The molecule has 1 aliphatic carbocycles. The lowest BCUT2D eigenvalue weighted by atomic mass is 9.95. The molecule has 1 fully saturated rings. The van der Waals surface area contributed by atoms with E-state index in [2.05, 4.69) is 15.9 Å². The zero-order chi connectivity index (χ0) is 11.9. The van der Waals surface area contributed by atoms with Crippen LogP contribution < -0.4 is 5.73 Å². The summed E-state index contributed by atoms with van der Waals surface area (Å²) in [7, 11) is 0. The van der Waals surface area contributed by atoms with Crippen molar-refractivity contribution in [3.05, 3.63) is 27.2 Å². The van der Waals surface area contributed by atoms with Gasteiger partial charge in [0, 0.05) is 5.54 Å². The summed E-state index contributed by atoms with van der Waals surface area (Å²) < 4.78 is 0.815. The van der Waals surface area contributed by atoms with E-state index >= 15 is 0 Å². The standard InChI is InChI=1S/C13H18BrNO/c1-8-7-11(16)12(14)9(2)10(8)3-4-13(15)5-6-13/h7,16H,3-6,15H2,1-2H3. The lowest BCUT2D eigenvalue weighted by molar-refractivity contribution is 0.470. The van der Waals surface area contributed by atoms with Gasteiger partial charge in [0.1, 0.15) is 5.75 Å². The Balaban J connectivity index is 2.22. The fourth-order valence-corrected chi connectivity index (χ4v) is 2.50. The highest BCUT2D eigenvalue weighted by Gasteiger charge is 2.37. The summed E-state index contributed by atoms with van der Waals surface area (Å²) in [6.07, 6.45) is 4.37. The number of benzene rings is 1. The van der Waals surface area contributed by atoms with Gasteiger partial charge in [-0.05, 0) is 78.2 Å². The van der Waals surface area contributed by atoms with Crippen molar-refractivity contribution in [2.45, 2.75) is 45.1 Å². The first-order valence-electron chi connectivity index (χ1n) is 5.69. The van der Waals surface area contributed by atoms with Crippen LogP contribution in [0.4, 0.5) is 0 Å². The van der Waals surface area contributed by atoms with Crippen LogP contribution >= 0.6 is 15.9 Å². The van der Waals surface area contributed by atoms with Crippen LogP contribution in [0, 0.1) is 13.8 Å². The van der Waals surface area contributed by atoms with Crippen molar-refractivity contribution in [1.29, 1.82) is 0 Å². The molecule has 0 unspecified atom stereocenters. The molecule has 0 aromatic heterocycles. The third-order valence-electron chi connectivity index (χ3n) is 3.60. The summed E-state index contributed by atoms with van der Waals surface area (Å²) in [5.74, 6) is 0.327. The summed E-state index contributed by atoms with van der Waals surface area (Å²) in [6, 6.07) is 1.82. The molecule has 0 atom stereocenters. The molecule has 0 heterocycles. The van der Waals surface area contributed by atoms with E-state index in [1.807, 2.05) is 19.9 Å². The Morgan fingerprint density at radius 2 is 2.06 bits per heavy atom. The predicted molar refractivity (Wildman–Crippen MR) is 69.8 cm³/mol. The van der Waals surface area contributed by atoms with Crippen molar-refractivity contribution >= 4 is 15.9 Å². The van der Waals surface area contributed by atoms with Crippen LogP contribution in [0.5, 0.6) is 5.75 Å². The van der Waals surface area contributed by atoms with Crippen molar-refractivity contribution in [3.63, 3.8) is 0 Å². The highest BCUT2D eigenvalue weighted by atomic mass is 79.9. The number of phenolic OH excluding ortho intramolecular Hbond substituents is 1. The summed E-state index contributed by atoms with van der Waals surface area (Å²) in [4.78, 5) is 0. The quantitative estimate of drug-likeness (QED) is 0.895. The zero-order valence-electron chi connectivity index (χ0n) is 9.81. The molecule has 1 saturated carbocycles. The Hall–Kier alpha value is -0.540. The lowest BCUT2D eigenvalue weighted by Crippen LogP contribution is -2.22. The Kier molecular flexibility index (Phi) is 3.01. The van der Waals surface area contributed by atoms with Gasteiger partial charge in [0.05, 0.1) is 4.47 Å². The average molecular weight is 284 g/mol. The largest absolute Gasteiger partial charge is 0.507 e. The van der Waals surface area contributed by atoms with Gasteiger partial charge < -0.3 is 10.8 Å². The van der Waals surface area contributed by atoms with Crippen LogP contribution in [-0.4, -0.2) is 10.6 Å². The highest BCUT2D eigenvalue weighted by Crippen LogP contribution is 2.38. The Bertz CT molecular complexity index is 424. The first-order chi connectivity index (χ1) is 7.43. The van der Waals surface area contributed by atoms with Crippen molar-refractivity contribution in [2.24, 2.45) is 5.73 Å². The lowest BCUT2D eigenvalue weighted by Gasteiger charge is -2.15. The molecule has 1 aliphatic rings. The number of halogens is 1. The van der Waals surface area contributed by atoms with Gasteiger partial charge in [-0.2, -0.15) is 0 Å². The third-order valence-corrected chi connectivity index (χ3v) is 4.60. The van der Waals surface area contributed by atoms with E-state index in [1.165, 1.54) is 5.56 Å². The van der Waals surface area contributed by atoms with E-state index < -0.39 is 0 Å². The number of phenols is 1. The second-order valence-corrected chi connectivity index (χ2v) is 5.79. The second kappa shape index (κ2) is 4.04. The van der Waals surface area contributed by atoms with Crippen molar-refractivity contribution in [1.82, 2.24) is 0 Å². The third kappa shape index (κ3) is 2.25. The molecule has 2 nitrogen and oxygen atoms in total. The van der Waals surface area contributed by atoms with Gasteiger partial charge >= 0.3 is 0 Å². The van der Waals surface area contributed by atoms with E-state index in [0.29, 0.717) is 5.75 Å². The first-order valence-corrected chi connectivity index (χ1v) is 6.49. The highest BCUT2D eigenvalue weighted by molar-refractivity contribution is 9.10. The minimum absolute atomic E-state index is 0.100. The molecule has 88 valence electrons. The fraction of sp³-hybridized carbons (Fsp3) is 0.538. The van der Waals surface area contributed by atoms with Gasteiger partial charge in [-0.1, -0.05) is 0 Å². The Morgan fingerprint density at radius 3 is 2.62 bits per heavy atom. The molecule has 0 spiro atoms. The number of rotatable bonds is 3. The van der Waals surface area contributed by atoms with E-state index in [-0.39, 0.29) is 5.54 Å². The summed E-state index contributed by atoms with van der Waals surface area (Å²) in [5.41, 5.74) is 9.82. The molecule has 0 saturated heterocycles. The molecule has 0 amide bonds. The molecule has 0 radical (unpaired) electrons. The van der Waals surface area contributed by atoms with E-state index in [4.69, 9.17) is 5.73 Å². The molecule has 0 aliphatic heterocycles. The van der Waals surface area contributed by atoms with Gasteiger partial charge in [-0.3, -0.25) is 0 Å². The number of hydrogen-bond acceptors (Lipinski definition) is 2. The number of hydrogen-bond donors (Lipinski definition) is 2. The minimum Gasteiger partial charge on any atom is -0.507 e. The van der Waals surface area contributed by atoms with E-state index in [0.717, 1.165) is 41.3 Å². The average Bonchev–Trinajstić information content (AvgIpc) is 2.93. The van der Waals surface area contributed by atoms with Crippen LogP contribution in [0.15, 0.2) is 10.5 Å². The first kappa shape index (κ1) is 11.9. The molecule has 2 rings (SSSR count). The molecule has 1 aromatic carbocycles. The summed E-state index contributed by atoms with van der Waals surface area (Å²) in [5, 5.41) is 9.67. The van der Waals surface area contributed by atoms with Crippen LogP contribution in [0.3, 0.4) is 0 Å². The van der Waals surface area contributed by atoms with Gasteiger partial charge in [-0.25, -0.2) is 0 Å². The molecule has 16 heavy (non-hydrogen) atoms. The fourth-order valence-electron chi connectivity index (χ4n) is 2.15. The molecule has 1 aromatic rings. The minimum atomic E-state index is 0.100. The second-order valence-electron chi connectivity index (χ2n) is 4.99. The van der Waals surface area contributed by atoms with Gasteiger partial charge in [0.25, 0.3) is 0 Å². The number of aromatic hydroxyl groups is 1. The van der Waals surface area contributed by atoms with Gasteiger partial charge in [-0.15, -0.1) is 0 Å². The molecule has 3 N–H and O–H groups in total. The SMILES string of the molecule is Cc1cc(O)c(Br)c(C)c1CCC1(N)CC1. The number of aryl methyl sites for hydroxylation is 1. The summed E-state index contributed by atoms with van der Waals surface area (Å²) >= 11 is 3.42.